The van der Waals surface area contributed by atoms with Crippen LogP contribution in [0.4, 0.5) is 13.2 Å². The van der Waals surface area contributed by atoms with Gasteiger partial charge < -0.3 is 4.74 Å². The predicted octanol–water partition coefficient (Wildman–Crippen LogP) is 4.76. The van der Waals surface area contributed by atoms with E-state index in [0.29, 0.717) is 32.7 Å². The van der Waals surface area contributed by atoms with Gasteiger partial charge in [0.2, 0.25) is 0 Å². The van der Waals surface area contributed by atoms with Crippen LogP contribution < -0.4 is 0 Å². The Hall–Kier alpha value is -2.52. The van der Waals surface area contributed by atoms with E-state index in [9.17, 15) is 13.2 Å². The van der Waals surface area contributed by atoms with E-state index in [2.05, 4.69) is 15.2 Å². The Labute approximate surface area is 168 Å². The van der Waals surface area contributed by atoms with Crippen LogP contribution >= 0.6 is 11.3 Å². The van der Waals surface area contributed by atoms with Crippen LogP contribution in [0.15, 0.2) is 23.2 Å². The number of aryl methyl sites for hydroxylation is 1. The molecule has 0 fully saturated rings. The molecule has 2 aromatic heterocycles. The molecule has 0 amide bonds. The summed E-state index contributed by atoms with van der Waals surface area (Å²) in [5.74, 6) is -0.292. The first kappa shape index (κ1) is 18.5. The minimum absolute atomic E-state index is 0.154. The van der Waals surface area contributed by atoms with Gasteiger partial charge in [-0.1, -0.05) is 6.07 Å². The highest BCUT2D eigenvalue weighted by molar-refractivity contribution is 7.15. The summed E-state index contributed by atoms with van der Waals surface area (Å²) in [5.41, 5.74) is 1.01. The average molecular weight is 418 g/mol. The van der Waals surface area contributed by atoms with Gasteiger partial charge in [-0.15, -0.1) is 21.5 Å². The summed E-state index contributed by atoms with van der Waals surface area (Å²) < 4.78 is 51.8. The molecule has 5 rings (SSSR count). The Kier molecular flexibility index (Phi) is 4.32. The number of fused-ring (bicyclic) bond motifs is 5. The topological polar surface area (TPSA) is 52.3 Å². The lowest BCUT2D eigenvalue weighted by molar-refractivity contribution is 0.112. The molecule has 0 unspecified atom stereocenters. The van der Waals surface area contributed by atoms with Gasteiger partial charge in [-0.3, -0.25) is 9.56 Å². The fourth-order valence-corrected chi connectivity index (χ4v) is 5.27. The third kappa shape index (κ3) is 2.75. The molecule has 1 aromatic carbocycles. The highest BCUT2D eigenvalue weighted by Gasteiger charge is 2.35. The molecule has 0 N–H and O–H groups in total. The van der Waals surface area contributed by atoms with Crippen LogP contribution in [0.1, 0.15) is 58.8 Å². The van der Waals surface area contributed by atoms with E-state index in [1.807, 2.05) is 0 Å². The van der Waals surface area contributed by atoms with E-state index in [1.54, 1.807) is 18.4 Å². The maximum Gasteiger partial charge on any atom is 0.162 e. The monoisotopic (exact) mass is 418 g/mol. The summed E-state index contributed by atoms with van der Waals surface area (Å²) in [4.78, 5) is 5.15. The minimum Gasteiger partial charge on any atom is -0.377 e. The molecule has 4 heterocycles. The van der Waals surface area contributed by atoms with Crippen molar-refractivity contribution in [2.24, 2.45) is 4.99 Å². The third-order valence-corrected chi connectivity index (χ3v) is 6.55. The van der Waals surface area contributed by atoms with Gasteiger partial charge in [0, 0.05) is 22.4 Å². The van der Waals surface area contributed by atoms with Crippen molar-refractivity contribution in [3.8, 4) is 5.00 Å². The van der Waals surface area contributed by atoms with Gasteiger partial charge >= 0.3 is 0 Å². The summed E-state index contributed by atoms with van der Waals surface area (Å²) >= 11 is 1.25. The number of halogens is 3. The van der Waals surface area contributed by atoms with Crippen molar-refractivity contribution >= 4 is 17.0 Å². The van der Waals surface area contributed by atoms with Crippen LogP contribution in [-0.4, -0.2) is 27.1 Å². The molecule has 0 aliphatic carbocycles. The fraction of sp³-hybridized carbons (Fsp3) is 0.350. The summed E-state index contributed by atoms with van der Waals surface area (Å²) in [5, 5.41) is 8.97. The SMILES string of the molecule is Cc1nnc2n1-c1sc3c(c1C(c1c(F)cccc1F)=N[C@H]2C)COCC[C@@H]3F. The number of hydrogen-bond acceptors (Lipinski definition) is 5. The largest absolute Gasteiger partial charge is 0.377 e. The lowest BCUT2D eigenvalue weighted by Crippen LogP contribution is -2.13. The van der Waals surface area contributed by atoms with E-state index in [1.165, 1.54) is 29.5 Å². The Morgan fingerprint density at radius 3 is 2.69 bits per heavy atom. The summed E-state index contributed by atoms with van der Waals surface area (Å²) in [7, 11) is 0. The summed E-state index contributed by atoms with van der Waals surface area (Å²) in [6.07, 6.45) is -0.981. The number of ether oxygens (including phenoxy) is 1. The number of hydrogen-bond donors (Lipinski definition) is 0. The van der Waals surface area contributed by atoms with Crippen molar-refractivity contribution in [1.29, 1.82) is 0 Å². The van der Waals surface area contributed by atoms with E-state index >= 15 is 0 Å². The van der Waals surface area contributed by atoms with Crippen molar-refractivity contribution in [2.45, 2.75) is 39.1 Å². The highest BCUT2D eigenvalue weighted by Crippen LogP contribution is 2.44. The van der Waals surface area contributed by atoms with Gasteiger partial charge in [0.05, 0.1) is 24.5 Å². The number of aliphatic imine (C=N–C) groups is 1. The molecule has 5 nitrogen and oxygen atoms in total. The van der Waals surface area contributed by atoms with Gasteiger partial charge in [-0.2, -0.15) is 0 Å². The molecule has 29 heavy (non-hydrogen) atoms. The molecule has 3 aromatic rings. The lowest BCUT2D eigenvalue weighted by atomic mass is 9.97. The Morgan fingerprint density at radius 1 is 1.17 bits per heavy atom. The zero-order valence-electron chi connectivity index (χ0n) is 15.7. The van der Waals surface area contributed by atoms with Gasteiger partial charge in [-0.05, 0) is 26.0 Å². The summed E-state index contributed by atoms with van der Waals surface area (Å²) in [6, 6.07) is 3.21. The van der Waals surface area contributed by atoms with E-state index in [-0.39, 0.29) is 30.9 Å². The predicted molar refractivity (Wildman–Crippen MR) is 103 cm³/mol. The van der Waals surface area contributed by atoms with Crippen LogP contribution in [0, 0.1) is 18.6 Å². The first-order chi connectivity index (χ1) is 14.0. The Bertz CT molecular complexity index is 1130. The molecule has 0 spiro atoms. The molecule has 9 heteroatoms. The first-order valence-corrected chi connectivity index (χ1v) is 10.1. The van der Waals surface area contributed by atoms with Gasteiger partial charge in [0.1, 0.15) is 34.7 Å². The zero-order chi connectivity index (χ0) is 20.3. The number of nitrogens with zero attached hydrogens (tertiary/aromatic N) is 4. The average Bonchev–Trinajstić information content (AvgIpc) is 3.15. The van der Waals surface area contributed by atoms with Crippen molar-refractivity contribution in [1.82, 2.24) is 14.8 Å². The van der Waals surface area contributed by atoms with Crippen LogP contribution in [0.3, 0.4) is 0 Å². The Balaban J connectivity index is 1.88. The molecule has 2 aliphatic heterocycles. The molecule has 0 saturated carbocycles. The molecule has 0 saturated heterocycles. The first-order valence-electron chi connectivity index (χ1n) is 9.29. The third-order valence-electron chi connectivity index (χ3n) is 5.25. The zero-order valence-corrected chi connectivity index (χ0v) is 16.6. The van der Waals surface area contributed by atoms with Crippen LogP contribution in [-0.2, 0) is 11.3 Å². The number of aromatic nitrogens is 3. The quantitative estimate of drug-likeness (QED) is 0.573. The maximum absolute atomic E-state index is 14.9. The van der Waals surface area contributed by atoms with E-state index in [0.717, 1.165) is 0 Å². The lowest BCUT2D eigenvalue weighted by Gasteiger charge is -2.12. The molecular weight excluding hydrogens is 401 g/mol. The van der Waals surface area contributed by atoms with Crippen molar-refractivity contribution in [2.75, 3.05) is 6.61 Å². The van der Waals surface area contributed by atoms with Crippen molar-refractivity contribution in [3.05, 3.63) is 63.0 Å². The second-order valence-electron chi connectivity index (χ2n) is 7.12. The highest BCUT2D eigenvalue weighted by atomic mass is 32.1. The van der Waals surface area contributed by atoms with Gasteiger partial charge in [0.25, 0.3) is 0 Å². The molecule has 0 radical (unpaired) electrons. The Morgan fingerprint density at radius 2 is 1.93 bits per heavy atom. The molecule has 2 aliphatic rings. The summed E-state index contributed by atoms with van der Waals surface area (Å²) in [6.45, 7) is 4.02. The number of alkyl halides is 1. The van der Waals surface area contributed by atoms with Crippen LogP contribution in [0.2, 0.25) is 0 Å². The maximum atomic E-state index is 14.9. The molecule has 150 valence electrons. The number of benzene rings is 1. The van der Waals surface area contributed by atoms with Gasteiger partial charge in [0.15, 0.2) is 5.82 Å². The van der Waals surface area contributed by atoms with Crippen molar-refractivity contribution in [3.63, 3.8) is 0 Å². The normalized spacial score (nSPS) is 20.9. The van der Waals surface area contributed by atoms with Gasteiger partial charge in [-0.25, -0.2) is 13.2 Å². The fourth-order valence-electron chi connectivity index (χ4n) is 3.89. The van der Waals surface area contributed by atoms with E-state index < -0.39 is 23.8 Å². The second-order valence-corrected chi connectivity index (χ2v) is 8.16. The van der Waals surface area contributed by atoms with E-state index in [4.69, 9.17) is 4.74 Å². The second kappa shape index (κ2) is 6.77. The standard InChI is InChI=1S/C20H17F3N4OS/c1-9-19-26-25-10(2)27(19)20-15(11-8-28-7-6-14(23)18(11)29-20)17(24-9)16-12(21)4-3-5-13(16)22/h3-5,9,14H,6-8H2,1-2H3/t9-,14-/m0/s1. The number of rotatable bonds is 1. The van der Waals surface area contributed by atoms with Crippen molar-refractivity contribution < 1.29 is 17.9 Å². The molecule has 0 bridgehead atoms. The molecular formula is C20H17F3N4OS. The van der Waals surface area contributed by atoms with Crippen LogP contribution in [0.5, 0.6) is 0 Å². The minimum atomic E-state index is -1.21. The van der Waals surface area contributed by atoms with Crippen LogP contribution in [0.25, 0.3) is 5.00 Å². The smallest absolute Gasteiger partial charge is 0.162 e. The molecule has 2 atom stereocenters. The number of thiophene rings is 1.